The Morgan fingerprint density at radius 2 is 2.14 bits per heavy atom. The summed E-state index contributed by atoms with van der Waals surface area (Å²) < 4.78 is 10.4. The molecule has 2 aliphatic heterocycles. The Bertz CT molecular complexity index is 660. The highest BCUT2D eigenvalue weighted by Gasteiger charge is 2.37. The van der Waals surface area contributed by atoms with Gasteiger partial charge in [0.05, 0.1) is 17.9 Å². The maximum atomic E-state index is 11.9. The van der Waals surface area contributed by atoms with Crippen molar-refractivity contribution in [3.05, 3.63) is 18.2 Å². The number of ether oxygens (including phenoxy) is 2. The molecule has 0 saturated carbocycles. The maximum absolute atomic E-state index is 11.9. The SMILES string of the molecule is CNC(=O)[C@H]1CN(c2ccc3c(c2)OCC(=O)N3C)C(=O)O1. The second-order valence-corrected chi connectivity index (χ2v) is 4.99. The second-order valence-electron chi connectivity index (χ2n) is 4.99. The average Bonchev–Trinajstić information content (AvgIpc) is 2.92. The Morgan fingerprint density at radius 1 is 1.36 bits per heavy atom. The zero-order valence-corrected chi connectivity index (χ0v) is 12.2. The molecule has 1 saturated heterocycles. The number of cyclic esters (lactones) is 1. The molecule has 1 aromatic carbocycles. The Hall–Kier alpha value is -2.77. The summed E-state index contributed by atoms with van der Waals surface area (Å²) in [7, 11) is 3.15. The highest BCUT2D eigenvalue weighted by molar-refractivity contribution is 5.99. The van der Waals surface area contributed by atoms with Crippen molar-refractivity contribution in [1.29, 1.82) is 0 Å². The van der Waals surface area contributed by atoms with E-state index < -0.39 is 12.2 Å². The molecule has 0 spiro atoms. The van der Waals surface area contributed by atoms with Gasteiger partial charge in [-0.25, -0.2) is 4.79 Å². The topological polar surface area (TPSA) is 88.2 Å². The molecule has 0 unspecified atom stereocenters. The maximum Gasteiger partial charge on any atom is 0.415 e. The molecule has 116 valence electrons. The minimum Gasteiger partial charge on any atom is -0.481 e. The van der Waals surface area contributed by atoms with Crippen molar-refractivity contribution < 1.29 is 23.9 Å². The Kier molecular flexibility index (Phi) is 3.36. The Morgan fingerprint density at radius 3 is 2.86 bits per heavy atom. The first-order valence-corrected chi connectivity index (χ1v) is 6.74. The van der Waals surface area contributed by atoms with E-state index in [0.29, 0.717) is 17.1 Å². The predicted octanol–water partition coefficient (Wildman–Crippen LogP) is 0.113. The summed E-state index contributed by atoms with van der Waals surface area (Å²) in [4.78, 5) is 37.9. The molecular weight excluding hydrogens is 290 g/mol. The highest BCUT2D eigenvalue weighted by atomic mass is 16.6. The summed E-state index contributed by atoms with van der Waals surface area (Å²) in [6.07, 6.45) is -1.42. The van der Waals surface area contributed by atoms with Gasteiger partial charge in [0.25, 0.3) is 11.8 Å². The molecule has 1 fully saturated rings. The lowest BCUT2D eigenvalue weighted by molar-refractivity contribution is -0.127. The minimum atomic E-state index is -0.835. The van der Waals surface area contributed by atoms with E-state index in [4.69, 9.17) is 9.47 Å². The van der Waals surface area contributed by atoms with E-state index >= 15 is 0 Å². The summed E-state index contributed by atoms with van der Waals surface area (Å²) in [5.74, 6) is 0.0201. The summed E-state index contributed by atoms with van der Waals surface area (Å²) >= 11 is 0. The summed E-state index contributed by atoms with van der Waals surface area (Å²) in [6.45, 7) is 0.0876. The Labute approximate surface area is 126 Å². The van der Waals surface area contributed by atoms with Gasteiger partial charge in [-0.2, -0.15) is 0 Å². The Balaban J connectivity index is 1.86. The van der Waals surface area contributed by atoms with Crippen LogP contribution in [0.5, 0.6) is 5.75 Å². The third-order valence-electron chi connectivity index (χ3n) is 3.69. The third-order valence-corrected chi connectivity index (χ3v) is 3.69. The summed E-state index contributed by atoms with van der Waals surface area (Å²) in [5, 5.41) is 2.45. The van der Waals surface area contributed by atoms with Crippen molar-refractivity contribution in [2.45, 2.75) is 6.10 Å². The predicted molar refractivity (Wildman–Crippen MR) is 77.0 cm³/mol. The van der Waals surface area contributed by atoms with E-state index in [9.17, 15) is 14.4 Å². The smallest absolute Gasteiger partial charge is 0.415 e. The van der Waals surface area contributed by atoms with Crippen LogP contribution in [0.2, 0.25) is 0 Å². The van der Waals surface area contributed by atoms with E-state index in [2.05, 4.69) is 5.32 Å². The van der Waals surface area contributed by atoms with Gasteiger partial charge in [-0.05, 0) is 12.1 Å². The van der Waals surface area contributed by atoms with Crippen molar-refractivity contribution in [1.82, 2.24) is 5.32 Å². The molecule has 0 aromatic heterocycles. The summed E-state index contributed by atoms with van der Waals surface area (Å²) in [5.41, 5.74) is 1.19. The molecule has 8 heteroatoms. The lowest BCUT2D eigenvalue weighted by Crippen LogP contribution is -2.36. The van der Waals surface area contributed by atoms with Gasteiger partial charge in [-0.1, -0.05) is 0 Å². The first-order valence-electron chi connectivity index (χ1n) is 6.74. The van der Waals surface area contributed by atoms with Gasteiger partial charge in [0.15, 0.2) is 12.7 Å². The molecule has 22 heavy (non-hydrogen) atoms. The number of hydrogen-bond acceptors (Lipinski definition) is 5. The van der Waals surface area contributed by atoms with E-state index in [1.807, 2.05) is 0 Å². The molecule has 2 aliphatic rings. The number of likely N-dealkylation sites (N-methyl/N-ethyl adjacent to an activating group) is 2. The zero-order chi connectivity index (χ0) is 15.9. The molecule has 1 atom stereocenters. The van der Waals surface area contributed by atoms with Crippen molar-refractivity contribution in [3.63, 3.8) is 0 Å². The zero-order valence-electron chi connectivity index (χ0n) is 12.2. The minimum absolute atomic E-state index is 0.0434. The molecule has 0 radical (unpaired) electrons. The number of anilines is 2. The highest BCUT2D eigenvalue weighted by Crippen LogP contribution is 2.35. The number of rotatable bonds is 2. The third kappa shape index (κ3) is 2.22. The molecule has 3 amide bonds. The number of benzene rings is 1. The lowest BCUT2D eigenvalue weighted by Gasteiger charge is -2.27. The van der Waals surface area contributed by atoms with Gasteiger partial charge in [0, 0.05) is 20.2 Å². The van der Waals surface area contributed by atoms with Crippen LogP contribution in [0.1, 0.15) is 0 Å². The molecule has 0 aliphatic carbocycles. The fraction of sp³-hybridized carbons (Fsp3) is 0.357. The number of fused-ring (bicyclic) bond motifs is 1. The number of carbonyl (C=O) groups is 3. The van der Waals surface area contributed by atoms with Crippen molar-refractivity contribution in [3.8, 4) is 5.75 Å². The fourth-order valence-electron chi connectivity index (χ4n) is 2.41. The van der Waals surface area contributed by atoms with Gasteiger partial charge in [-0.15, -0.1) is 0 Å². The fourth-order valence-corrected chi connectivity index (χ4v) is 2.41. The van der Waals surface area contributed by atoms with Crippen LogP contribution in [0, 0.1) is 0 Å². The number of hydrogen-bond donors (Lipinski definition) is 1. The van der Waals surface area contributed by atoms with Crippen LogP contribution in [0.15, 0.2) is 18.2 Å². The van der Waals surface area contributed by atoms with Crippen molar-refractivity contribution in [2.75, 3.05) is 37.0 Å². The normalized spacial score (nSPS) is 20.4. The van der Waals surface area contributed by atoms with Crippen LogP contribution in [0.25, 0.3) is 0 Å². The number of carbonyl (C=O) groups excluding carboxylic acids is 3. The molecule has 2 heterocycles. The number of nitrogens with zero attached hydrogens (tertiary/aromatic N) is 2. The largest absolute Gasteiger partial charge is 0.481 e. The molecule has 8 nitrogen and oxygen atoms in total. The average molecular weight is 305 g/mol. The van der Waals surface area contributed by atoms with Gasteiger partial charge in [0.2, 0.25) is 0 Å². The van der Waals surface area contributed by atoms with Gasteiger partial charge < -0.3 is 19.7 Å². The van der Waals surface area contributed by atoms with E-state index in [1.54, 1.807) is 25.2 Å². The van der Waals surface area contributed by atoms with Crippen LogP contribution in [0.3, 0.4) is 0 Å². The first kappa shape index (κ1) is 14.2. The molecule has 3 rings (SSSR count). The van der Waals surface area contributed by atoms with E-state index in [0.717, 1.165) is 0 Å². The molecular formula is C14H15N3O5. The van der Waals surface area contributed by atoms with Crippen LogP contribution < -0.4 is 19.9 Å². The van der Waals surface area contributed by atoms with Gasteiger partial charge in [0.1, 0.15) is 5.75 Å². The van der Waals surface area contributed by atoms with Crippen LogP contribution in [-0.2, 0) is 14.3 Å². The van der Waals surface area contributed by atoms with Crippen molar-refractivity contribution in [2.24, 2.45) is 0 Å². The van der Waals surface area contributed by atoms with Crippen LogP contribution in [-0.4, -0.2) is 51.3 Å². The van der Waals surface area contributed by atoms with E-state index in [1.165, 1.54) is 16.8 Å². The lowest BCUT2D eigenvalue weighted by atomic mass is 10.2. The summed E-state index contributed by atoms with van der Waals surface area (Å²) in [6, 6.07) is 5.04. The van der Waals surface area contributed by atoms with Crippen molar-refractivity contribution >= 4 is 29.3 Å². The van der Waals surface area contributed by atoms with Crippen LogP contribution in [0.4, 0.5) is 16.2 Å². The molecule has 0 bridgehead atoms. The molecule has 1 aromatic rings. The van der Waals surface area contributed by atoms with Gasteiger partial charge >= 0.3 is 6.09 Å². The second kappa shape index (κ2) is 5.21. The first-order chi connectivity index (χ1) is 10.5. The van der Waals surface area contributed by atoms with Gasteiger partial charge in [-0.3, -0.25) is 14.5 Å². The monoisotopic (exact) mass is 305 g/mol. The van der Waals surface area contributed by atoms with Crippen LogP contribution >= 0.6 is 0 Å². The number of amides is 3. The standard InChI is InChI=1S/C14H15N3O5/c1-15-13(19)11-6-17(14(20)22-11)8-3-4-9-10(5-8)21-7-12(18)16(9)2/h3-5,11H,6-7H2,1-2H3,(H,15,19)/t11-/m1/s1. The quantitative estimate of drug-likeness (QED) is 0.838. The number of nitrogens with one attached hydrogen (secondary N) is 1. The van der Waals surface area contributed by atoms with E-state index in [-0.39, 0.29) is 25.0 Å². The molecule has 1 N–H and O–H groups in total.